The van der Waals surface area contributed by atoms with E-state index in [0.717, 1.165) is 0 Å². The fourth-order valence-electron chi connectivity index (χ4n) is 1.57. The highest BCUT2D eigenvalue weighted by atomic mass is 32.2. The van der Waals surface area contributed by atoms with E-state index in [0.29, 0.717) is 13.0 Å². The van der Waals surface area contributed by atoms with Gasteiger partial charge in [-0.3, -0.25) is 0 Å². The molecule has 1 heterocycles. The molecule has 7 heteroatoms. The Hall–Kier alpha value is -0.820. The number of urea groups is 1. The summed E-state index contributed by atoms with van der Waals surface area (Å²) in [5, 5.41) is 14.0. The van der Waals surface area contributed by atoms with E-state index in [1.807, 2.05) is 0 Å². The van der Waals surface area contributed by atoms with Crippen LogP contribution >= 0.6 is 0 Å². The molecule has 0 spiro atoms. The largest absolute Gasteiger partial charge is 0.392 e. The molecule has 0 aromatic heterocycles. The molecule has 1 aliphatic rings. The third-order valence-electron chi connectivity index (χ3n) is 2.44. The van der Waals surface area contributed by atoms with Crippen molar-refractivity contribution < 1.29 is 18.3 Å². The van der Waals surface area contributed by atoms with E-state index >= 15 is 0 Å². The van der Waals surface area contributed by atoms with Crippen molar-refractivity contribution in [2.45, 2.75) is 19.4 Å². The number of aliphatic hydroxyl groups excluding tert-OH is 1. The van der Waals surface area contributed by atoms with Gasteiger partial charge in [0.25, 0.3) is 0 Å². The minimum atomic E-state index is -2.88. The number of amides is 2. The third-order valence-corrected chi connectivity index (χ3v) is 4.27. The minimum absolute atomic E-state index is 0.0160. The fourth-order valence-corrected chi connectivity index (χ4v) is 3.43. The van der Waals surface area contributed by atoms with Crippen LogP contribution in [-0.4, -0.2) is 50.3 Å². The first-order chi connectivity index (χ1) is 7.39. The van der Waals surface area contributed by atoms with E-state index in [1.54, 1.807) is 6.92 Å². The standard InChI is InChI=1S/C9H18N2O4S/c1-7(12)4-10-9(13)11-5-8-2-3-16(14,15)6-8/h7-8,12H,2-6H2,1H3,(H2,10,11,13)/t7-,8-/m0/s1. The number of sulfone groups is 1. The maximum Gasteiger partial charge on any atom is 0.314 e. The Kier molecular flexibility index (Phi) is 4.55. The lowest BCUT2D eigenvalue weighted by atomic mass is 10.1. The molecule has 2 atom stereocenters. The van der Waals surface area contributed by atoms with E-state index < -0.39 is 15.9 Å². The van der Waals surface area contributed by atoms with E-state index in [-0.39, 0.29) is 30.0 Å². The third kappa shape index (κ3) is 4.80. The molecule has 0 bridgehead atoms. The first-order valence-corrected chi connectivity index (χ1v) is 7.11. The number of hydrogen-bond donors (Lipinski definition) is 3. The summed E-state index contributed by atoms with van der Waals surface area (Å²) in [4.78, 5) is 11.2. The van der Waals surface area contributed by atoms with Gasteiger partial charge >= 0.3 is 6.03 Å². The van der Waals surface area contributed by atoms with Gasteiger partial charge < -0.3 is 15.7 Å². The van der Waals surface area contributed by atoms with Gasteiger partial charge in [-0.05, 0) is 19.3 Å². The summed E-state index contributed by atoms with van der Waals surface area (Å²) in [6.45, 7) is 2.13. The van der Waals surface area contributed by atoms with Crippen LogP contribution in [0.2, 0.25) is 0 Å². The SMILES string of the molecule is C[C@H](O)CNC(=O)NC[C@@H]1CCS(=O)(=O)C1. The van der Waals surface area contributed by atoms with Crippen molar-refractivity contribution in [2.24, 2.45) is 5.92 Å². The molecule has 3 N–H and O–H groups in total. The number of aliphatic hydroxyl groups is 1. The predicted octanol–water partition coefficient (Wildman–Crippen LogP) is -0.899. The van der Waals surface area contributed by atoms with Crippen LogP contribution in [0.4, 0.5) is 4.79 Å². The van der Waals surface area contributed by atoms with E-state index in [1.165, 1.54) is 0 Å². The lowest BCUT2D eigenvalue weighted by Gasteiger charge is -2.11. The molecule has 94 valence electrons. The Bertz CT molecular complexity index is 339. The van der Waals surface area contributed by atoms with Crippen LogP contribution in [0, 0.1) is 5.92 Å². The summed E-state index contributed by atoms with van der Waals surface area (Å²) in [6, 6.07) is -0.370. The molecule has 1 fully saturated rings. The van der Waals surface area contributed by atoms with Gasteiger partial charge in [-0.15, -0.1) is 0 Å². The molecular weight excluding hydrogens is 232 g/mol. The molecule has 0 aromatic carbocycles. The first-order valence-electron chi connectivity index (χ1n) is 5.29. The molecule has 0 aliphatic carbocycles. The van der Waals surface area contributed by atoms with Crippen LogP contribution in [0.5, 0.6) is 0 Å². The zero-order valence-electron chi connectivity index (χ0n) is 9.27. The highest BCUT2D eigenvalue weighted by molar-refractivity contribution is 7.91. The maximum absolute atomic E-state index is 11.2. The maximum atomic E-state index is 11.2. The smallest absolute Gasteiger partial charge is 0.314 e. The van der Waals surface area contributed by atoms with E-state index in [9.17, 15) is 13.2 Å². The summed E-state index contributed by atoms with van der Waals surface area (Å²) in [6.07, 6.45) is 0.0246. The molecule has 1 aliphatic heterocycles. The summed E-state index contributed by atoms with van der Waals surface area (Å²) in [7, 11) is -2.88. The van der Waals surface area contributed by atoms with Gasteiger partial charge in [0.2, 0.25) is 0 Å². The lowest BCUT2D eigenvalue weighted by Crippen LogP contribution is -2.41. The average molecular weight is 250 g/mol. The van der Waals surface area contributed by atoms with Crippen LogP contribution in [-0.2, 0) is 9.84 Å². The number of carbonyl (C=O) groups is 1. The Balaban J connectivity index is 2.18. The molecule has 0 saturated carbocycles. The fraction of sp³-hybridized carbons (Fsp3) is 0.889. The Morgan fingerprint density at radius 2 is 2.19 bits per heavy atom. The predicted molar refractivity (Wildman–Crippen MR) is 59.8 cm³/mol. The van der Waals surface area contributed by atoms with Crippen LogP contribution in [0.25, 0.3) is 0 Å². The molecule has 1 rings (SSSR count). The van der Waals surface area contributed by atoms with Gasteiger partial charge in [0.05, 0.1) is 17.6 Å². The van der Waals surface area contributed by atoms with Crippen molar-refractivity contribution in [1.82, 2.24) is 10.6 Å². The molecule has 0 radical (unpaired) electrons. The van der Waals surface area contributed by atoms with Gasteiger partial charge in [-0.25, -0.2) is 13.2 Å². The average Bonchev–Trinajstić information content (AvgIpc) is 2.52. The zero-order valence-corrected chi connectivity index (χ0v) is 10.1. The molecule has 0 unspecified atom stereocenters. The second kappa shape index (κ2) is 5.49. The summed E-state index contributed by atoms with van der Waals surface area (Å²) >= 11 is 0. The number of nitrogens with one attached hydrogen (secondary N) is 2. The van der Waals surface area contributed by atoms with Gasteiger partial charge in [-0.1, -0.05) is 0 Å². The zero-order chi connectivity index (χ0) is 12.2. The molecule has 16 heavy (non-hydrogen) atoms. The molecular formula is C9H18N2O4S. The van der Waals surface area contributed by atoms with Crippen LogP contribution in [0.15, 0.2) is 0 Å². The van der Waals surface area contributed by atoms with Gasteiger partial charge in [-0.2, -0.15) is 0 Å². The Morgan fingerprint density at radius 3 is 2.69 bits per heavy atom. The molecule has 0 aromatic rings. The second-order valence-electron chi connectivity index (χ2n) is 4.21. The minimum Gasteiger partial charge on any atom is -0.392 e. The second-order valence-corrected chi connectivity index (χ2v) is 6.44. The normalized spacial score (nSPS) is 25.0. The topological polar surface area (TPSA) is 95.5 Å². The van der Waals surface area contributed by atoms with Crippen LogP contribution < -0.4 is 10.6 Å². The highest BCUT2D eigenvalue weighted by Gasteiger charge is 2.27. The van der Waals surface area contributed by atoms with Gasteiger partial charge in [0.1, 0.15) is 0 Å². The number of carbonyl (C=O) groups excluding carboxylic acids is 1. The summed E-state index contributed by atoms with van der Waals surface area (Å²) < 4.78 is 22.3. The lowest BCUT2D eigenvalue weighted by molar-refractivity contribution is 0.187. The van der Waals surface area contributed by atoms with Crippen LogP contribution in [0.3, 0.4) is 0 Å². The summed E-state index contributed by atoms with van der Waals surface area (Å²) in [5.41, 5.74) is 0. The quantitative estimate of drug-likeness (QED) is 0.602. The van der Waals surface area contributed by atoms with Crippen LogP contribution in [0.1, 0.15) is 13.3 Å². The molecule has 1 saturated heterocycles. The van der Waals surface area contributed by atoms with Crippen molar-refractivity contribution in [2.75, 3.05) is 24.6 Å². The monoisotopic (exact) mass is 250 g/mol. The highest BCUT2D eigenvalue weighted by Crippen LogP contribution is 2.17. The molecule has 6 nitrogen and oxygen atoms in total. The van der Waals surface area contributed by atoms with E-state index in [4.69, 9.17) is 5.11 Å². The van der Waals surface area contributed by atoms with Crippen molar-refractivity contribution in [1.29, 1.82) is 0 Å². The summed E-state index contributed by atoms with van der Waals surface area (Å²) in [5.74, 6) is 0.389. The molecule has 2 amide bonds. The van der Waals surface area contributed by atoms with Crippen molar-refractivity contribution >= 4 is 15.9 Å². The first kappa shape index (κ1) is 13.2. The van der Waals surface area contributed by atoms with Gasteiger partial charge in [0, 0.05) is 13.1 Å². The number of hydrogen-bond acceptors (Lipinski definition) is 4. The van der Waals surface area contributed by atoms with Crippen molar-refractivity contribution in [3.63, 3.8) is 0 Å². The van der Waals surface area contributed by atoms with Crippen molar-refractivity contribution in [3.8, 4) is 0 Å². The Labute approximate surface area is 95.3 Å². The van der Waals surface area contributed by atoms with Crippen molar-refractivity contribution in [3.05, 3.63) is 0 Å². The van der Waals surface area contributed by atoms with E-state index in [2.05, 4.69) is 10.6 Å². The number of rotatable bonds is 4. The van der Waals surface area contributed by atoms with Gasteiger partial charge in [0.15, 0.2) is 9.84 Å². The Morgan fingerprint density at radius 1 is 1.50 bits per heavy atom.